The van der Waals surface area contributed by atoms with Crippen LogP contribution in [-0.2, 0) is 13.2 Å². The second kappa shape index (κ2) is 8.63. The Balaban J connectivity index is 1.20. The van der Waals surface area contributed by atoms with Gasteiger partial charge >= 0.3 is 0 Å². The second-order valence-electron chi connectivity index (χ2n) is 10.1. The number of aromatic nitrogens is 1. The highest BCUT2D eigenvalue weighted by Crippen LogP contribution is 2.61. The van der Waals surface area contributed by atoms with E-state index in [2.05, 4.69) is 29.4 Å². The van der Waals surface area contributed by atoms with Crippen LogP contribution in [0.25, 0.3) is 0 Å². The summed E-state index contributed by atoms with van der Waals surface area (Å²) in [5.74, 6) is 4.48. The predicted octanol–water partition coefficient (Wildman–Crippen LogP) is 6.02. The Morgan fingerprint density at radius 2 is 1.71 bits per heavy atom. The molecule has 0 aliphatic heterocycles. The molecular formula is C26H33ClN2O2. The SMILES string of the molecule is COc1cc(CN[C@H](C)C23CC4CC(CC(C4)C2)C3)ccc1OCc1ccc(Cl)nc1. The fraction of sp³-hybridized carbons (Fsp3) is 0.577. The molecule has 4 saturated carbocycles. The number of benzene rings is 1. The average molecular weight is 441 g/mol. The Hall–Kier alpha value is -1.78. The number of ether oxygens (including phenoxy) is 2. The molecule has 4 aliphatic carbocycles. The molecule has 166 valence electrons. The number of hydrogen-bond donors (Lipinski definition) is 1. The molecule has 0 amide bonds. The molecule has 0 saturated heterocycles. The Morgan fingerprint density at radius 1 is 1.03 bits per heavy atom. The lowest BCUT2D eigenvalue weighted by atomic mass is 9.48. The van der Waals surface area contributed by atoms with Crippen LogP contribution in [0.15, 0.2) is 36.5 Å². The van der Waals surface area contributed by atoms with Gasteiger partial charge < -0.3 is 14.8 Å². The normalized spacial score (nSPS) is 29.7. The van der Waals surface area contributed by atoms with E-state index in [1.54, 1.807) is 19.4 Å². The van der Waals surface area contributed by atoms with E-state index in [9.17, 15) is 0 Å². The van der Waals surface area contributed by atoms with Crippen LogP contribution in [0.2, 0.25) is 5.15 Å². The molecule has 1 aromatic heterocycles. The van der Waals surface area contributed by atoms with E-state index in [1.807, 2.05) is 12.1 Å². The van der Waals surface area contributed by atoms with Crippen molar-refractivity contribution in [3.8, 4) is 11.5 Å². The van der Waals surface area contributed by atoms with Crippen molar-refractivity contribution in [3.05, 3.63) is 52.8 Å². The molecule has 5 heteroatoms. The van der Waals surface area contributed by atoms with Gasteiger partial charge in [-0.3, -0.25) is 0 Å². The van der Waals surface area contributed by atoms with E-state index < -0.39 is 0 Å². The van der Waals surface area contributed by atoms with Crippen molar-refractivity contribution >= 4 is 11.6 Å². The lowest BCUT2D eigenvalue weighted by Crippen LogP contribution is -2.54. The number of hydrogen-bond acceptors (Lipinski definition) is 4. The summed E-state index contributed by atoms with van der Waals surface area (Å²) in [5, 5.41) is 4.36. The molecule has 1 heterocycles. The Bertz CT molecular complexity index is 879. The number of halogens is 1. The first kappa shape index (κ1) is 21.1. The van der Waals surface area contributed by atoms with Crippen molar-refractivity contribution in [2.75, 3.05) is 7.11 Å². The third-order valence-corrected chi connectivity index (χ3v) is 8.25. The molecule has 1 aromatic carbocycles. The molecule has 4 aliphatic rings. The molecule has 31 heavy (non-hydrogen) atoms. The van der Waals surface area contributed by atoms with E-state index in [0.29, 0.717) is 23.2 Å². The summed E-state index contributed by atoms with van der Waals surface area (Å²) in [6.45, 7) is 3.71. The van der Waals surface area contributed by atoms with Crippen LogP contribution < -0.4 is 14.8 Å². The summed E-state index contributed by atoms with van der Waals surface area (Å²) in [6, 6.07) is 10.5. The number of nitrogens with one attached hydrogen (secondary N) is 1. The van der Waals surface area contributed by atoms with Gasteiger partial charge in [-0.1, -0.05) is 23.7 Å². The highest BCUT2D eigenvalue weighted by Gasteiger charge is 2.52. The average Bonchev–Trinajstić information content (AvgIpc) is 2.76. The number of pyridine rings is 1. The summed E-state index contributed by atoms with van der Waals surface area (Å²) >= 11 is 5.85. The van der Waals surface area contributed by atoms with Gasteiger partial charge in [0.25, 0.3) is 0 Å². The topological polar surface area (TPSA) is 43.4 Å². The maximum Gasteiger partial charge on any atom is 0.161 e. The van der Waals surface area contributed by atoms with Gasteiger partial charge in [0.05, 0.1) is 7.11 Å². The third kappa shape index (κ3) is 4.42. The van der Waals surface area contributed by atoms with Gasteiger partial charge in [-0.15, -0.1) is 0 Å². The fourth-order valence-corrected chi connectivity index (χ4v) is 6.90. The Kier molecular flexibility index (Phi) is 5.87. The van der Waals surface area contributed by atoms with E-state index in [0.717, 1.165) is 41.4 Å². The van der Waals surface area contributed by atoms with Gasteiger partial charge in [-0.2, -0.15) is 0 Å². The number of methoxy groups -OCH3 is 1. The highest BCUT2D eigenvalue weighted by molar-refractivity contribution is 6.29. The number of nitrogens with zero attached hydrogens (tertiary/aromatic N) is 1. The minimum absolute atomic E-state index is 0.432. The summed E-state index contributed by atoms with van der Waals surface area (Å²) in [5.41, 5.74) is 2.73. The monoisotopic (exact) mass is 440 g/mol. The predicted molar refractivity (Wildman–Crippen MR) is 123 cm³/mol. The molecule has 4 nitrogen and oxygen atoms in total. The standard InChI is InChI=1S/C26H33ClN2O2/c1-17(26-11-20-7-21(12-26)9-22(8-20)13-26)28-14-18-3-5-23(24(10-18)30-2)31-16-19-4-6-25(27)29-15-19/h3-6,10,15,17,20-22,28H,7-9,11-14,16H2,1-2H3/t17-,20?,21?,22?,26?/m1/s1. The van der Waals surface area contributed by atoms with Crippen LogP contribution >= 0.6 is 11.6 Å². The van der Waals surface area contributed by atoms with Crippen LogP contribution in [0.5, 0.6) is 11.5 Å². The van der Waals surface area contributed by atoms with Gasteiger partial charge in [0.15, 0.2) is 11.5 Å². The molecule has 4 fully saturated rings. The molecule has 0 radical (unpaired) electrons. The van der Waals surface area contributed by atoms with Gasteiger partial charge in [0, 0.05) is 24.3 Å². The van der Waals surface area contributed by atoms with Crippen LogP contribution in [-0.4, -0.2) is 18.1 Å². The quantitative estimate of drug-likeness (QED) is 0.510. The molecule has 0 spiro atoms. The van der Waals surface area contributed by atoms with Crippen molar-refractivity contribution in [2.45, 2.75) is 64.6 Å². The summed E-state index contributed by atoms with van der Waals surface area (Å²) in [7, 11) is 1.70. The second-order valence-corrected chi connectivity index (χ2v) is 10.5. The minimum atomic E-state index is 0.432. The first-order valence-corrected chi connectivity index (χ1v) is 12.0. The molecular weight excluding hydrogens is 408 g/mol. The maximum atomic E-state index is 5.97. The van der Waals surface area contributed by atoms with Gasteiger partial charge in [0.1, 0.15) is 11.8 Å². The van der Waals surface area contributed by atoms with Gasteiger partial charge in [-0.05, 0) is 92.4 Å². The van der Waals surface area contributed by atoms with Crippen molar-refractivity contribution in [1.82, 2.24) is 10.3 Å². The first-order valence-electron chi connectivity index (χ1n) is 11.7. The summed E-state index contributed by atoms with van der Waals surface area (Å²) < 4.78 is 11.6. The zero-order chi connectivity index (χ0) is 21.4. The van der Waals surface area contributed by atoms with Crippen molar-refractivity contribution in [2.24, 2.45) is 23.2 Å². The van der Waals surface area contributed by atoms with Gasteiger partial charge in [-0.25, -0.2) is 4.98 Å². The lowest BCUT2D eigenvalue weighted by molar-refractivity contribution is -0.0706. The fourth-order valence-electron chi connectivity index (χ4n) is 6.79. The van der Waals surface area contributed by atoms with Crippen molar-refractivity contribution in [3.63, 3.8) is 0 Å². The van der Waals surface area contributed by atoms with Crippen LogP contribution in [0, 0.1) is 23.2 Å². The molecule has 6 rings (SSSR count). The van der Waals surface area contributed by atoms with Crippen LogP contribution in [0.3, 0.4) is 0 Å². The molecule has 4 bridgehead atoms. The van der Waals surface area contributed by atoms with Crippen molar-refractivity contribution < 1.29 is 9.47 Å². The largest absolute Gasteiger partial charge is 0.493 e. The molecule has 2 aromatic rings. The zero-order valence-corrected chi connectivity index (χ0v) is 19.3. The third-order valence-electron chi connectivity index (χ3n) is 8.03. The minimum Gasteiger partial charge on any atom is -0.493 e. The Labute approximate surface area is 190 Å². The van der Waals surface area contributed by atoms with E-state index in [-0.39, 0.29) is 0 Å². The maximum absolute atomic E-state index is 5.97. The zero-order valence-electron chi connectivity index (χ0n) is 18.6. The van der Waals surface area contributed by atoms with E-state index >= 15 is 0 Å². The smallest absolute Gasteiger partial charge is 0.161 e. The molecule has 1 atom stereocenters. The van der Waals surface area contributed by atoms with E-state index in [4.69, 9.17) is 21.1 Å². The van der Waals surface area contributed by atoms with Crippen LogP contribution in [0.4, 0.5) is 0 Å². The van der Waals surface area contributed by atoms with Crippen molar-refractivity contribution in [1.29, 1.82) is 0 Å². The molecule has 1 N–H and O–H groups in total. The summed E-state index contributed by atoms with van der Waals surface area (Å²) in [6.07, 6.45) is 10.5. The lowest BCUT2D eigenvalue weighted by Gasteiger charge is -2.59. The summed E-state index contributed by atoms with van der Waals surface area (Å²) in [4.78, 5) is 4.10. The number of rotatable bonds is 8. The van der Waals surface area contributed by atoms with Gasteiger partial charge in [0.2, 0.25) is 0 Å². The highest BCUT2D eigenvalue weighted by atomic mass is 35.5. The Morgan fingerprint density at radius 3 is 2.32 bits per heavy atom. The first-order chi connectivity index (χ1) is 15.0. The van der Waals surface area contributed by atoms with Crippen LogP contribution in [0.1, 0.15) is 56.6 Å². The van der Waals surface area contributed by atoms with E-state index in [1.165, 1.54) is 44.1 Å². The molecule has 0 unspecified atom stereocenters.